The van der Waals surface area contributed by atoms with Crippen molar-refractivity contribution < 1.29 is 14.4 Å². The minimum absolute atomic E-state index is 0.143. The van der Waals surface area contributed by atoms with Crippen molar-refractivity contribution >= 4 is 17.9 Å². The Morgan fingerprint density at radius 2 is 2.40 bits per heavy atom. The van der Waals surface area contributed by atoms with Crippen LogP contribution < -0.4 is 0 Å². The molecule has 0 bridgehead atoms. The first-order valence-electron chi connectivity index (χ1n) is 2.26. The second kappa shape index (κ2) is 6.35. The van der Waals surface area contributed by atoms with Crippen LogP contribution in [0.1, 0.15) is 6.92 Å². The number of hydrogen-bond donors (Lipinski definition) is 0. The quantitative estimate of drug-likeness (QED) is 0.119. The third-order valence-corrected chi connectivity index (χ3v) is 0.649. The lowest BCUT2D eigenvalue weighted by molar-refractivity contribution is -0.461. The Hall–Kier alpha value is -0.770. The van der Waals surface area contributed by atoms with E-state index in [1.165, 1.54) is 6.92 Å². The maximum Gasteiger partial charge on any atom is 0.292 e. The van der Waals surface area contributed by atoms with Crippen LogP contribution in [0.15, 0.2) is 5.16 Å². The van der Waals surface area contributed by atoms with E-state index < -0.39 is 0 Å². The van der Waals surface area contributed by atoms with Gasteiger partial charge in [-0.2, -0.15) is 0 Å². The lowest BCUT2D eigenvalue weighted by atomic mass is 10.7. The topological polar surface area (TPSA) is 44.4 Å². The average Bonchev–Trinajstić information content (AvgIpc) is 1.98. The first-order chi connectivity index (χ1) is 4.81. The van der Waals surface area contributed by atoms with Crippen molar-refractivity contribution in [3.63, 3.8) is 0 Å². The molecular weight excluding hydrogens is 156 g/mol. The summed E-state index contributed by atoms with van der Waals surface area (Å²) in [6, 6.07) is 0. The van der Waals surface area contributed by atoms with Gasteiger partial charge in [0.15, 0.2) is 0 Å². The first-order valence-corrected chi connectivity index (χ1v) is 3.41. The van der Waals surface area contributed by atoms with E-state index in [0.717, 1.165) is 12.0 Å². The van der Waals surface area contributed by atoms with Gasteiger partial charge in [0.2, 0.25) is 0 Å². The Labute approximate surface area is 62.8 Å². The van der Waals surface area contributed by atoms with Gasteiger partial charge >= 0.3 is 0 Å². The van der Waals surface area contributed by atoms with E-state index in [2.05, 4.69) is 24.4 Å². The Morgan fingerprint density at radius 1 is 1.70 bits per heavy atom. The van der Waals surface area contributed by atoms with Gasteiger partial charge in [-0.1, -0.05) is 11.6 Å². The molecule has 0 aromatic carbocycles. The summed E-state index contributed by atoms with van der Waals surface area (Å²) in [6.07, 6.45) is 1.65. The number of oxime groups is 1. The van der Waals surface area contributed by atoms with Crippen LogP contribution in [-0.2, 0) is 14.4 Å². The number of rotatable bonds is 4. The van der Waals surface area contributed by atoms with Crippen LogP contribution in [0.4, 0.5) is 0 Å². The SMILES string of the molecule is [C-]#[N+]/C(C)=N/OOOSC. The Morgan fingerprint density at radius 3 is 2.90 bits per heavy atom. The number of nitrogens with zero attached hydrogens (tertiary/aromatic N) is 2. The molecule has 0 amide bonds. The van der Waals surface area contributed by atoms with E-state index in [-0.39, 0.29) is 5.84 Å². The van der Waals surface area contributed by atoms with E-state index >= 15 is 0 Å². The summed E-state index contributed by atoms with van der Waals surface area (Å²) in [6.45, 7) is 7.88. The monoisotopic (exact) mass is 162 g/mol. The van der Waals surface area contributed by atoms with Crippen LogP contribution in [0.2, 0.25) is 0 Å². The van der Waals surface area contributed by atoms with Crippen molar-refractivity contribution in [3.8, 4) is 0 Å². The van der Waals surface area contributed by atoms with Crippen LogP contribution in [0.3, 0.4) is 0 Å². The van der Waals surface area contributed by atoms with Crippen LogP contribution >= 0.6 is 12.0 Å². The highest BCUT2D eigenvalue weighted by Gasteiger charge is 1.90. The minimum Gasteiger partial charge on any atom is -0.361 e. The fourth-order valence-corrected chi connectivity index (χ4v) is 0.210. The summed E-state index contributed by atoms with van der Waals surface area (Å²) in [5.74, 6) is 0.143. The van der Waals surface area contributed by atoms with Gasteiger partial charge in [0.05, 0.1) is 0 Å². The summed E-state index contributed by atoms with van der Waals surface area (Å²) in [5.41, 5.74) is 0. The fraction of sp³-hybridized carbons (Fsp3) is 0.500. The third-order valence-electron chi connectivity index (χ3n) is 0.457. The molecule has 10 heavy (non-hydrogen) atoms. The van der Waals surface area contributed by atoms with Crippen molar-refractivity contribution in [3.05, 3.63) is 11.4 Å². The molecule has 0 N–H and O–H groups in total. The Bertz CT molecular complexity index is 153. The zero-order valence-corrected chi connectivity index (χ0v) is 6.34. The molecular formula is C4H6N2O3S. The zero-order chi connectivity index (χ0) is 7.82. The van der Waals surface area contributed by atoms with Crippen molar-refractivity contribution in [2.45, 2.75) is 6.92 Å². The summed E-state index contributed by atoms with van der Waals surface area (Å²) >= 11 is 0.967. The summed E-state index contributed by atoms with van der Waals surface area (Å²) in [5, 5.41) is 7.17. The molecule has 0 atom stereocenters. The molecule has 0 unspecified atom stereocenters. The molecule has 0 aliphatic rings. The van der Waals surface area contributed by atoms with Gasteiger partial charge in [-0.3, -0.25) is 0 Å². The van der Waals surface area contributed by atoms with E-state index in [0.29, 0.717) is 0 Å². The fourth-order valence-electron chi connectivity index (χ4n) is 0.130. The molecule has 0 rings (SSSR count). The normalized spacial score (nSPS) is 10.7. The molecule has 56 valence electrons. The Balaban J connectivity index is 3.27. The molecule has 0 spiro atoms. The summed E-state index contributed by atoms with van der Waals surface area (Å²) in [4.78, 5) is 6.98. The molecule has 0 aliphatic heterocycles. The van der Waals surface area contributed by atoms with Crippen molar-refractivity contribution in [1.29, 1.82) is 0 Å². The van der Waals surface area contributed by atoms with Crippen molar-refractivity contribution in [1.82, 2.24) is 0 Å². The van der Waals surface area contributed by atoms with Crippen LogP contribution in [0, 0.1) is 6.57 Å². The van der Waals surface area contributed by atoms with E-state index in [4.69, 9.17) is 6.57 Å². The molecule has 0 saturated heterocycles. The summed E-state index contributed by atoms with van der Waals surface area (Å²) in [7, 11) is 0. The molecule has 0 fully saturated rings. The molecule has 0 saturated carbocycles. The highest BCUT2D eigenvalue weighted by atomic mass is 32.2. The first kappa shape index (κ1) is 9.23. The average molecular weight is 162 g/mol. The molecule has 0 aliphatic carbocycles. The molecule has 0 aromatic rings. The van der Waals surface area contributed by atoms with Gasteiger partial charge in [-0.25, -0.2) is 0 Å². The van der Waals surface area contributed by atoms with Gasteiger partial charge < -0.3 is 4.85 Å². The minimum atomic E-state index is 0.143. The van der Waals surface area contributed by atoms with E-state index in [1.54, 1.807) is 6.26 Å². The van der Waals surface area contributed by atoms with E-state index in [1.807, 2.05) is 0 Å². The molecule has 5 nitrogen and oxygen atoms in total. The van der Waals surface area contributed by atoms with Crippen LogP contribution in [0.5, 0.6) is 0 Å². The van der Waals surface area contributed by atoms with Gasteiger partial charge in [0, 0.05) is 23.3 Å². The highest BCUT2D eigenvalue weighted by Crippen LogP contribution is 1.96. The van der Waals surface area contributed by atoms with Gasteiger partial charge in [-0.05, 0) is 6.92 Å². The standard InChI is InChI=1S/C4H6N2O3S/c1-4(5-2)6-7-8-9-10-3/h1,3H3/b6-4+. The largest absolute Gasteiger partial charge is 0.361 e. The predicted molar refractivity (Wildman–Crippen MR) is 36.5 cm³/mol. The highest BCUT2D eigenvalue weighted by molar-refractivity contribution is 7.93. The van der Waals surface area contributed by atoms with Crippen LogP contribution in [-0.4, -0.2) is 12.1 Å². The summed E-state index contributed by atoms with van der Waals surface area (Å²) < 4.78 is 4.21. The zero-order valence-electron chi connectivity index (χ0n) is 5.53. The number of hydrogen-bond acceptors (Lipinski definition) is 5. The maximum atomic E-state index is 6.40. The van der Waals surface area contributed by atoms with Gasteiger partial charge in [0.1, 0.15) is 5.16 Å². The maximum absolute atomic E-state index is 6.40. The lowest BCUT2D eigenvalue weighted by Crippen LogP contribution is -1.87. The van der Waals surface area contributed by atoms with Gasteiger partial charge in [-0.15, -0.1) is 4.33 Å². The predicted octanol–water partition coefficient (Wildman–Crippen LogP) is 1.40. The van der Waals surface area contributed by atoms with Crippen molar-refractivity contribution in [2.24, 2.45) is 5.16 Å². The molecule has 0 aromatic heterocycles. The van der Waals surface area contributed by atoms with Crippen molar-refractivity contribution in [2.75, 3.05) is 6.26 Å². The molecule has 0 radical (unpaired) electrons. The molecule has 0 heterocycles. The number of amidine groups is 1. The third kappa shape index (κ3) is 5.37. The van der Waals surface area contributed by atoms with Crippen LogP contribution in [0.25, 0.3) is 4.85 Å². The van der Waals surface area contributed by atoms with E-state index in [9.17, 15) is 0 Å². The Kier molecular flexibility index (Phi) is 5.86. The van der Waals surface area contributed by atoms with Gasteiger partial charge in [0.25, 0.3) is 5.84 Å². The second-order valence-electron chi connectivity index (χ2n) is 1.13. The lowest BCUT2D eigenvalue weighted by Gasteiger charge is -1.87. The molecule has 6 heteroatoms. The second-order valence-corrected chi connectivity index (χ2v) is 1.60. The smallest absolute Gasteiger partial charge is 0.292 e.